The van der Waals surface area contributed by atoms with Gasteiger partial charge in [0.1, 0.15) is 5.69 Å². The lowest BCUT2D eigenvalue weighted by Gasteiger charge is -2.04. The highest BCUT2D eigenvalue weighted by atomic mass is 79.9. The van der Waals surface area contributed by atoms with Gasteiger partial charge < -0.3 is 0 Å². The van der Waals surface area contributed by atoms with Crippen molar-refractivity contribution in [2.75, 3.05) is 0 Å². The molecule has 0 unspecified atom stereocenters. The van der Waals surface area contributed by atoms with Gasteiger partial charge in [-0.3, -0.25) is 9.78 Å². The van der Waals surface area contributed by atoms with Gasteiger partial charge in [0.25, 0.3) is 0 Å². The van der Waals surface area contributed by atoms with E-state index in [4.69, 9.17) is 0 Å². The number of nitrogens with zero attached hydrogens (tertiary/aromatic N) is 1. The maximum absolute atomic E-state index is 12.1. The van der Waals surface area contributed by atoms with Gasteiger partial charge in [-0.1, -0.05) is 12.1 Å². The average Bonchev–Trinajstić information content (AvgIpc) is 2.33. The Kier molecular flexibility index (Phi) is 3.38. The molecule has 86 valence electrons. The number of halogens is 1. The molecule has 0 fully saturated rings. The Morgan fingerprint density at radius 2 is 1.88 bits per heavy atom. The van der Waals surface area contributed by atoms with Crippen LogP contribution in [0.2, 0.25) is 0 Å². The molecule has 0 spiro atoms. The Balaban J connectivity index is 2.37. The van der Waals surface area contributed by atoms with E-state index >= 15 is 0 Å². The number of aryl methyl sites for hydroxylation is 2. The van der Waals surface area contributed by atoms with Crippen LogP contribution in [0.25, 0.3) is 0 Å². The first-order valence-electron chi connectivity index (χ1n) is 5.31. The van der Waals surface area contributed by atoms with Gasteiger partial charge in [-0.15, -0.1) is 0 Å². The number of ketones is 1. The topological polar surface area (TPSA) is 30.0 Å². The minimum absolute atomic E-state index is 0.0411. The molecule has 0 saturated carbocycles. The summed E-state index contributed by atoms with van der Waals surface area (Å²) in [6, 6.07) is 9.25. The van der Waals surface area contributed by atoms with E-state index in [1.807, 2.05) is 38.1 Å². The molecule has 0 radical (unpaired) electrons. The first-order valence-corrected chi connectivity index (χ1v) is 6.11. The molecular formula is C14H12BrNO. The molecule has 1 aromatic heterocycles. The van der Waals surface area contributed by atoms with Crippen molar-refractivity contribution < 1.29 is 4.79 Å². The van der Waals surface area contributed by atoms with E-state index in [0.29, 0.717) is 11.3 Å². The van der Waals surface area contributed by atoms with Gasteiger partial charge in [0.05, 0.1) is 0 Å². The van der Waals surface area contributed by atoms with E-state index in [0.717, 1.165) is 10.0 Å². The summed E-state index contributed by atoms with van der Waals surface area (Å²) >= 11 is 3.30. The van der Waals surface area contributed by atoms with Gasteiger partial charge >= 0.3 is 0 Å². The maximum atomic E-state index is 12.1. The standard InChI is InChI=1S/C14H12BrNO/c1-9-3-4-11(7-10(9)2)14(17)13-6-5-12(15)8-16-13/h3-8H,1-2H3. The summed E-state index contributed by atoms with van der Waals surface area (Å²) in [6.45, 7) is 4.03. The second-order valence-electron chi connectivity index (χ2n) is 3.99. The van der Waals surface area contributed by atoms with Crippen molar-refractivity contribution in [2.45, 2.75) is 13.8 Å². The van der Waals surface area contributed by atoms with Crippen molar-refractivity contribution in [1.29, 1.82) is 0 Å². The van der Waals surface area contributed by atoms with Crippen LogP contribution >= 0.6 is 15.9 Å². The monoisotopic (exact) mass is 289 g/mol. The molecule has 2 nitrogen and oxygen atoms in total. The molecule has 3 heteroatoms. The van der Waals surface area contributed by atoms with E-state index < -0.39 is 0 Å². The van der Waals surface area contributed by atoms with Crippen molar-refractivity contribution in [2.24, 2.45) is 0 Å². The smallest absolute Gasteiger partial charge is 0.211 e. The molecule has 0 bridgehead atoms. The number of aromatic nitrogens is 1. The highest BCUT2D eigenvalue weighted by Gasteiger charge is 2.10. The molecule has 17 heavy (non-hydrogen) atoms. The van der Waals surface area contributed by atoms with Crippen LogP contribution in [-0.4, -0.2) is 10.8 Å². The molecule has 0 amide bonds. The Morgan fingerprint density at radius 1 is 1.12 bits per heavy atom. The Labute approximate surface area is 109 Å². The third kappa shape index (κ3) is 2.61. The summed E-state index contributed by atoms with van der Waals surface area (Å²) < 4.78 is 0.870. The number of benzene rings is 1. The fraction of sp³-hybridized carbons (Fsp3) is 0.143. The quantitative estimate of drug-likeness (QED) is 0.789. The highest BCUT2D eigenvalue weighted by Crippen LogP contribution is 2.14. The zero-order valence-corrected chi connectivity index (χ0v) is 11.3. The van der Waals surface area contributed by atoms with Crippen LogP contribution in [0.15, 0.2) is 41.0 Å². The van der Waals surface area contributed by atoms with Gasteiger partial charge in [-0.2, -0.15) is 0 Å². The van der Waals surface area contributed by atoms with E-state index in [1.54, 1.807) is 12.3 Å². The predicted octanol–water partition coefficient (Wildman–Crippen LogP) is 3.69. The largest absolute Gasteiger partial charge is 0.287 e. The van der Waals surface area contributed by atoms with Crippen LogP contribution in [0, 0.1) is 13.8 Å². The SMILES string of the molecule is Cc1ccc(C(=O)c2ccc(Br)cn2)cc1C. The minimum atomic E-state index is -0.0411. The molecule has 1 heterocycles. The normalized spacial score (nSPS) is 10.3. The molecule has 0 saturated heterocycles. The van der Waals surface area contributed by atoms with Crippen LogP contribution in [0.4, 0.5) is 0 Å². The molecular weight excluding hydrogens is 278 g/mol. The lowest BCUT2D eigenvalue weighted by atomic mass is 10.0. The number of hydrogen-bond acceptors (Lipinski definition) is 2. The van der Waals surface area contributed by atoms with Gasteiger partial charge in [0, 0.05) is 16.2 Å². The molecule has 0 aliphatic heterocycles. The molecule has 0 N–H and O–H groups in total. The lowest BCUT2D eigenvalue weighted by Crippen LogP contribution is -2.04. The average molecular weight is 290 g/mol. The summed E-state index contributed by atoms with van der Waals surface area (Å²) in [7, 11) is 0. The third-order valence-corrected chi connectivity index (χ3v) is 3.20. The second kappa shape index (κ2) is 4.80. The molecule has 1 aromatic carbocycles. The summed E-state index contributed by atoms with van der Waals surface area (Å²) in [5.74, 6) is -0.0411. The van der Waals surface area contributed by atoms with Crippen LogP contribution in [0.1, 0.15) is 27.2 Å². The predicted molar refractivity (Wildman–Crippen MR) is 71.3 cm³/mol. The fourth-order valence-corrected chi connectivity index (χ4v) is 1.78. The number of pyridine rings is 1. The summed E-state index contributed by atoms with van der Waals surface area (Å²) in [6.07, 6.45) is 1.63. The number of hydrogen-bond donors (Lipinski definition) is 0. The number of rotatable bonds is 2. The summed E-state index contributed by atoms with van der Waals surface area (Å²) in [5.41, 5.74) is 3.46. The van der Waals surface area contributed by atoms with Crippen LogP contribution in [0.3, 0.4) is 0 Å². The molecule has 0 aliphatic carbocycles. The van der Waals surface area contributed by atoms with Gasteiger partial charge in [-0.25, -0.2) is 0 Å². The van der Waals surface area contributed by atoms with Crippen LogP contribution in [-0.2, 0) is 0 Å². The maximum Gasteiger partial charge on any atom is 0.211 e. The Morgan fingerprint density at radius 3 is 2.47 bits per heavy atom. The first kappa shape index (κ1) is 12.0. The minimum Gasteiger partial charge on any atom is -0.287 e. The molecule has 0 atom stereocenters. The first-order chi connectivity index (χ1) is 8.08. The van der Waals surface area contributed by atoms with E-state index in [1.165, 1.54) is 5.56 Å². The van der Waals surface area contributed by atoms with E-state index in [-0.39, 0.29) is 5.78 Å². The molecule has 2 rings (SSSR count). The molecule has 2 aromatic rings. The summed E-state index contributed by atoms with van der Waals surface area (Å²) in [4.78, 5) is 16.3. The van der Waals surface area contributed by atoms with Crippen molar-refractivity contribution >= 4 is 21.7 Å². The molecule has 0 aliphatic rings. The van der Waals surface area contributed by atoms with Gasteiger partial charge in [0.2, 0.25) is 5.78 Å². The van der Waals surface area contributed by atoms with E-state index in [2.05, 4.69) is 20.9 Å². The van der Waals surface area contributed by atoms with Crippen LogP contribution in [0.5, 0.6) is 0 Å². The van der Waals surface area contributed by atoms with E-state index in [9.17, 15) is 4.79 Å². The van der Waals surface area contributed by atoms with Crippen molar-refractivity contribution in [1.82, 2.24) is 4.98 Å². The van der Waals surface area contributed by atoms with Crippen molar-refractivity contribution in [3.05, 3.63) is 63.4 Å². The van der Waals surface area contributed by atoms with Crippen LogP contribution < -0.4 is 0 Å². The lowest BCUT2D eigenvalue weighted by molar-refractivity contribution is 0.103. The summed E-state index contributed by atoms with van der Waals surface area (Å²) in [5, 5.41) is 0. The van der Waals surface area contributed by atoms with Gasteiger partial charge in [0.15, 0.2) is 0 Å². The Bertz CT molecular complexity index is 561. The second-order valence-corrected chi connectivity index (χ2v) is 4.91. The zero-order chi connectivity index (χ0) is 12.4. The Hall–Kier alpha value is -1.48. The number of carbonyl (C=O) groups excluding carboxylic acids is 1. The number of carbonyl (C=O) groups is 1. The zero-order valence-electron chi connectivity index (χ0n) is 9.70. The van der Waals surface area contributed by atoms with Crippen molar-refractivity contribution in [3.8, 4) is 0 Å². The van der Waals surface area contributed by atoms with Gasteiger partial charge in [-0.05, 0) is 59.1 Å². The third-order valence-electron chi connectivity index (χ3n) is 2.73. The van der Waals surface area contributed by atoms with Crippen molar-refractivity contribution in [3.63, 3.8) is 0 Å². The highest BCUT2D eigenvalue weighted by molar-refractivity contribution is 9.10. The fourth-order valence-electron chi connectivity index (χ4n) is 1.54.